The van der Waals surface area contributed by atoms with Crippen molar-refractivity contribution in [3.8, 4) is 0 Å². The molecular weight excluding hydrogens is 302 g/mol. The van der Waals surface area contributed by atoms with Crippen LogP contribution >= 0.6 is 0 Å². The Morgan fingerprint density at radius 2 is 1.72 bits per heavy atom. The third-order valence-corrected chi connectivity index (χ3v) is 3.92. The SMILES string of the molecule is C=C/C=C(\C=C/C)C(/C)=N\C(=C/C(=C)c1ccc(C)cc1)C(\C)=C\C. The predicted octanol–water partition coefficient (Wildman–Crippen LogP) is 7.01. The third kappa shape index (κ3) is 6.39. The molecule has 0 spiro atoms. The van der Waals surface area contributed by atoms with Crippen LogP contribution in [0, 0.1) is 6.92 Å². The van der Waals surface area contributed by atoms with Crippen molar-refractivity contribution in [2.24, 2.45) is 4.99 Å². The molecule has 0 heterocycles. The van der Waals surface area contributed by atoms with Crippen molar-refractivity contribution in [3.63, 3.8) is 0 Å². The van der Waals surface area contributed by atoms with E-state index in [4.69, 9.17) is 4.99 Å². The van der Waals surface area contributed by atoms with E-state index >= 15 is 0 Å². The molecule has 1 heteroatoms. The van der Waals surface area contributed by atoms with Gasteiger partial charge in [0, 0.05) is 5.71 Å². The smallest absolute Gasteiger partial charge is 0.0664 e. The Balaban J connectivity index is 3.31. The average molecular weight is 332 g/mol. The van der Waals surface area contributed by atoms with Crippen LogP contribution in [-0.2, 0) is 0 Å². The zero-order valence-corrected chi connectivity index (χ0v) is 16.1. The van der Waals surface area contributed by atoms with Crippen molar-refractivity contribution in [1.82, 2.24) is 0 Å². The Bertz CT molecular complexity index is 763. The van der Waals surface area contributed by atoms with Crippen LogP contribution in [0.3, 0.4) is 0 Å². The highest BCUT2D eigenvalue weighted by molar-refractivity contribution is 6.01. The highest BCUT2D eigenvalue weighted by atomic mass is 14.8. The first-order valence-corrected chi connectivity index (χ1v) is 8.55. The van der Waals surface area contributed by atoms with E-state index in [1.165, 1.54) is 5.56 Å². The topological polar surface area (TPSA) is 12.4 Å². The van der Waals surface area contributed by atoms with Gasteiger partial charge in [0.1, 0.15) is 0 Å². The molecule has 130 valence electrons. The predicted molar refractivity (Wildman–Crippen MR) is 114 cm³/mol. The Hall–Kier alpha value is -2.67. The van der Waals surface area contributed by atoms with Gasteiger partial charge in [-0.05, 0) is 63.0 Å². The number of aliphatic imine (C=N–C) groups is 1. The number of benzene rings is 1. The second-order valence-electron chi connectivity index (χ2n) is 5.95. The van der Waals surface area contributed by atoms with Crippen LogP contribution in [0.2, 0.25) is 0 Å². The van der Waals surface area contributed by atoms with Crippen molar-refractivity contribution in [1.29, 1.82) is 0 Å². The monoisotopic (exact) mass is 331 g/mol. The van der Waals surface area contributed by atoms with Gasteiger partial charge in [0.2, 0.25) is 0 Å². The molecule has 0 amide bonds. The number of hydrogen-bond donors (Lipinski definition) is 0. The van der Waals surface area contributed by atoms with Gasteiger partial charge in [-0.2, -0.15) is 0 Å². The summed E-state index contributed by atoms with van der Waals surface area (Å²) < 4.78 is 0. The van der Waals surface area contributed by atoms with Crippen molar-refractivity contribution in [3.05, 3.63) is 102 Å². The first-order valence-electron chi connectivity index (χ1n) is 8.55. The summed E-state index contributed by atoms with van der Waals surface area (Å²) in [5.74, 6) is 0. The molecule has 0 aliphatic rings. The largest absolute Gasteiger partial charge is 0.253 e. The van der Waals surface area contributed by atoms with E-state index in [1.54, 1.807) is 6.08 Å². The minimum absolute atomic E-state index is 0.921. The third-order valence-electron chi connectivity index (χ3n) is 3.92. The Morgan fingerprint density at radius 1 is 1.08 bits per heavy atom. The van der Waals surface area contributed by atoms with E-state index in [1.807, 2.05) is 45.1 Å². The molecule has 0 bridgehead atoms. The number of rotatable bonds is 7. The van der Waals surface area contributed by atoms with Gasteiger partial charge in [-0.25, -0.2) is 0 Å². The first-order chi connectivity index (χ1) is 11.9. The van der Waals surface area contributed by atoms with Gasteiger partial charge in [-0.1, -0.05) is 73.4 Å². The highest BCUT2D eigenvalue weighted by Gasteiger charge is 2.04. The lowest BCUT2D eigenvalue weighted by molar-refractivity contribution is 1.26. The Labute approximate surface area is 153 Å². The highest BCUT2D eigenvalue weighted by Crippen LogP contribution is 2.21. The van der Waals surface area contributed by atoms with E-state index in [0.717, 1.165) is 33.7 Å². The molecule has 0 aromatic heterocycles. The summed E-state index contributed by atoms with van der Waals surface area (Å²) in [6.07, 6.45) is 11.9. The Morgan fingerprint density at radius 3 is 2.24 bits per heavy atom. The molecule has 25 heavy (non-hydrogen) atoms. The second-order valence-corrected chi connectivity index (χ2v) is 5.95. The summed E-state index contributed by atoms with van der Waals surface area (Å²) in [6.45, 7) is 18.2. The molecule has 0 fully saturated rings. The molecule has 1 rings (SSSR count). The molecule has 0 aliphatic carbocycles. The molecule has 0 aliphatic heterocycles. The minimum atomic E-state index is 0.921. The minimum Gasteiger partial charge on any atom is -0.253 e. The lowest BCUT2D eigenvalue weighted by atomic mass is 10.0. The first kappa shape index (κ1) is 20.4. The van der Waals surface area contributed by atoms with Gasteiger partial charge in [0.25, 0.3) is 0 Å². The normalized spacial score (nSPS) is 14.1. The summed E-state index contributed by atoms with van der Waals surface area (Å²) in [6, 6.07) is 8.39. The van der Waals surface area contributed by atoms with E-state index < -0.39 is 0 Å². The molecule has 1 aromatic rings. The maximum atomic E-state index is 4.85. The number of hydrogen-bond acceptors (Lipinski definition) is 1. The summed E-state index contributed by atoms with van der Waals surface area (Å²) >= 11 is 0. The van der Waals surface area contributed by atoms with Crippen LogP contribution < -0.4 is 0 Å². The number of aryl methyl sites for hydroxylation is 1. The molecule has 1 aromatic carbocycles. The molecule has 0 saturated heterocycles. The second kappa shape index (κ2) is 10.2. The maximum absolute atomic E-state index is 4.85. The molecular formula is C24H29N. The molecule has 0 unspecified atom stereocenters. The van der Waals surface area contributed by atoms with Crippen LogP contribution in [0.5, 0.6) is 0 Å². The van der Waals surface area contributed by atoms with Gasteiger partial charge in [0.05, 0.1) is 5.70 Å². The summed E-state index contributed by atoms with van der Waals surface area (Å²) in [5, 5.41) is 0. The lowest BCUT2D eigenvalue weighted by Gasteiger charge is -2.08. The van der Waals surface area contributed by atoms with Gasteiger partial charge in [-0.3, -0.25) is 4.99 Å². The van der Waals surface area contributed by atoms with E-state index in [2.05, 4.69) is 57.3 Å². The van der Waals surface area contributed by atoms with E-state index in [9.17, 15) is 0 Å². The molecule has 0 atom stereocenters. The number of allylic oxidation sites excluding steroid dienone is 9. The molecule has 0 radical (unpaired) electrons. The molecule has 0 saturated carbocycles. The fraction of sp³-hybridized carbons (Fsp3) is 0.208. The number of nitrogens with zero attached hydrogens (tertiary/aromatic N) is 1. The van der Waals surface area contributed by atoms with Crippen LogP contribution in [0.4, 0.5) is 0 Å². The lowest BCUT2D eigenvalue weighted by Crippen LogP contribution is -1.97. The summed E-state index contributed by atoms with van der Waals surface area (Å²) in [5.41, 5.74) is 7.33. The van der Waals surface area contributed by atoms with E-state index in [-0.39, 0.29) is 0 Å². The fourth-order valence-electron chi connectivity index (χ4n) is 2.25. The standard InChI is InChI=1S/C24H29N/c1-8-11-23(12-9-2)21(7)25-24(19(5)10-3)17-20(6)22-15-13-18(4)14-16-22/h8-17H,1,6H2,2-5,7H3/b12-9-,19-10+,23-11+,24-17-,25-21-. The molecule has 0 N–H and O–H groups in total. The maximum Gasteiger partial charge on any atom is 0.0664 e. The van der Waals surface area contributed by atoms with Gasteiger partial charge < -0.3 is 0 Å². The van der Waals surface area contributed by atoms with Crippen molar-refractivity contribution in [2.45, 2.75) is 34.6 Å². The average Bonchev–Trinajstić information content (AvgIpc) is 2.60. The zero-order valence-electron chi connectivity index (χ0n) is 16.1. The zero-order chi connectivity index (χ0) is 18.8. The van der Waals surface area contributed by atoms with Gasteiger partial charge in [-0.15, -0.1) is 0 Å². The van der Waals surface area contributed by atoms with Crippen molar-refractivity contribution in [2.75, 3.05) is 0 Å². The Kier molecular flexibility index (Phi) is 8.35. The summed E-state index contributed by atoms with van der Waals surface area (Å²) in [4.78, 5) is 4.85. The quantitative estimate of drug-likeness (QED) is 0.376. The van der Waals surface area contributed by atoms with E-state index in [0.29, 0.717) is 0 Å². The van der Waals surface area contributed by atoms with Crippen molar-refractivity contribution < 1.29 is 0 Å². The van der Waals surface area contributed by atoms with Crippen LogP contribution in [0.1, 0.15) is 38.8 Å². The van der Waals surface area contributed by atoms with Gasteiger partial charge in [0.15, 0.2) is 0 Å². The van der Waals surface area contributed by atoms with Crippen LogP contribution in [0.15, 0.2) is 95.7 Å². The van der Waals surface area contributed by atoms with Gasteiger partial charge >= 0.3 is 0 Å². The van der Waals surface area contributed by atoms with Crippen molar-refractivity contribution >= 4 is 11.3 Å². The van der Waals surface area contributed by atoms with Crippen LogP contribution in [-0.4, -0.2) is 5.71 Å². The molecule has 1 nitrogen and oxygen atoms in total. The fourth-order valence-corrected chi connectivity index (χ4v) is 2.25. The van der Waals surface area contributed by atoms with Crippen LogP contribution in [0.25, 0.3) is 5.57 Å². The summed E-state index contributed by atoms with van der Waals surface area (Å²) in [7, 11) is 0.